The first-order valence-corrected chi connectivity index (χ1v) is 25.3. The number of hydrogen-bond acceptors (Lipinski definition) is 5. The van der Waals surface area contributed by atoms with Gasteiger partial charge in [0.05, 0.1) is 63.8 Å². The smallest absolute Gasteiger partial charge is 0.0997 e. The van der Waals surface area contributed by atoms with Crippen molar-refractivity contribution in [3.63, 3.8) is 0 Å². The molecule has 14 rings (SSSR count). The monoisotopic (exact) mass is 949 g/mol. The lowest BCUT2D eigenvalue weighted by atomic mass is 9.87. The molecule has 0 saturated carbocycles. The maximum absolute atomic E-state index is 5.16. The van der Waals surface area contributed by atoms with E-state index in [0.29, 0.717) is 0 Å². The number of benzene rings is 7. The van der Waals surface area contributed by atoms with Crippen molar-refractivity contribution in [2.45, 2.75) is 25.7 Å². The summed E-state index contributed by atoms with van der Waals surface area (Å²) in [6.07, 6.45) is 17.3. The van der Waals surface area contributed by atoms with E-state index in [4.69, 9.17) is 15.0 Å². The highest BCUT2D eigenvalue weighted by atomic mass is 15.0. The van der Waals surface area contributed by atoms with Crippen molar-refractivity contribution in [1.29, 1.82) is 0 Å². The first-order valence-electron chi connectivity index (χ1n) is 25.3. The van der Waals surface area contributed by atoms with Crippen molar-refractivity contribution in [3.8, 4) is 55.8 Å². The molecule has 0 atom stereocenters. The lowest BCUT2D eigenvalue weighted by Gasteiger charge is -2.18. The summed E-state index contributed by atoms with van der Waals surface area (Å²) < 4.78 is 4.36. The fourth-order valence-corrected chi connectivity index (χ4v) is 11.2. The second-order valence-corrected chi connectivity index (χ2v) is 19.3. The van der Waals surface area contributed by atoms with Gasteiger partial charge < -0.3 is 0 Å². The number of fused-ring (bicyclic) bond motifs is 12. The normalized spacial score (nSPS) is 11.7. The molecule has 0 aliphatic heterocycles. The van der Waals surface area contributed by atoms with Crippen molar-refractivity contribution in [2.24, 2.45) is 0 Å². The molecule has 0 aliphatic rings. The lowest BCUT2D eigenvalue weighted by molar-refractivity contribution is 0.927. The van der Waals surface area contributed by atoms with Gasteiger partial charge in [-0.25, -0.2) is 9.97 Å². The van der Waals surface area contributed by atoms with Gasteiger partial charge in [0.25, 0.3) is 0 Å². The van der Waals surface area contributed by atoms with E-state index in [1.165, 1.54) is 38.9 Å². The molecule has 7 heterocycles. The largest absolute Gasteiger partial charge is 0.298 e. The van der Waals surface area contributed by atoms with E-state index in [-0.39, 0.29) is 0 Å². The Labute approximate surface area is 427 Å². The molecule has 0 radical (unpaired) electrons. The molecule has 0 saturated heterocycles. The number of nitrogens with zero attached hydrogens (tertiary/aromatic N) is 7. The Balaban J connectivity index is 0.866. The van der Waals surface area contributed by atoms with E-state index in [2.05, 4.69) is 231 Å². The highest BCUT2D eigenvalue weighted by molar-refractivity contribution is 6.11. The third-order valence-corrected chi connectivity index (χ3v) is 14.8. The number of imidazole rings is 2. The molecule has 7 heteroatoms. The van der Waals surface area contributed by atoms with Gasteiger partial charge in [-0.05, 0) is 117 Å². The predicted octanol–water partition coefficient (Wildman–Crippen LogP) is 15.7. The Morgan fingerprint density at radius 3 is 1.36 bits per heavy atom. The predicted molar refractivity (Wildman–Crippen MR) is 302 cm³/mol. The maximum atomic E-state index is 5.16. The van der Waals surface area contributed by atoms with Crippen LogP contribution in [0.2, 0.25) is 0 Å². The van der Waals surface area contributed by atoms with Gasteiger partial charge in [0.15, 0.2) is 0 Å². The number of aromatic nitrogens is 7. The molecule has 0 spiro atoms. The van der Waals surface area contributed by atoms with Gasteiger partial charge in [-0.2, -0.15) is 0 Å². The van der Waals surface area contributed by atoms with E-state index < -0.39 is 0 Å². The van der Waals surface area contributed by atoms with Crippen LogP contribution in [-0.4, -0.2) is 33.7 Å². The molecule has 74 heavy (non-hydrogen) atoms. The Hall–Kier alpha value is -9.59. The Bertz CT molecular complexity index is 4250. The average Bonchev–Trinajstić information content (AvgIpc) is 4.19. The molecule has 0 unspecified atom stereocenters. The minimum Gasteiger partial charge on any atom is -0.298 e. The Morgan fingerprint density at radius 2 is 0.770 bits per heavy atom. The van der Waals surface area contributed by atoms with Gasteiger partial charge in [-0.15, -0.1) is 0 Å². The summed E-state index contributed by atoms with van der Waals surface area (Å²) in [5.41, 5.74) is 22.5. The maximum Gasteiger partial charge on any atom is 0.0997 e. The van der Waals surface area contributed by atoms with Crippen LogP contribution in [0.3, 0.4) is 0 Å². The molecule has 0 N–H and O–H groups in total. The van der Waals surface area contributed by atoms with Crippen LogP contribution in [-0.2, 0) is 25.7 Å². The van der Waals surface area contributed by atoms with Crippen molar-refractivity contribution >= 4 is 54.6 Å². The molecular formula is C67H47N7. The van der Waals surface area contributed by atoms with Crippen molar-refractivity contribution in [1.82, 2.24) is 33.7 Å². The summed E-state index contributed by atoms with van der Waals surface area (Å²) in [6.45, 7) is 0. The zero-order chi connectivity index (χ0) is 49.0. The molecule has 7 aromatic carbocycles. The Kier molecular flexibility index (Phi) is 10.6. The Morgan fingerprint density at radius 1 is 0.284 bits per heavy atom. The first kappa shape index (κ1) is 43.2. The lowest BCUT2D eigenvalue weighted by Crippen LogP contribution is -2.00. The number of rotatable bonds is 11. The summed E-state index contributed by atoms with van der Waals surface area (Å²) in [6, 6.07) is 69.9. The highest BCUT2D eigenvalue weighted by Gasteiger charge is 2.18. The van der Waals surface area contributed by atoms with Gasteiger partial charge in [0.1, 0.15) is 0 Å². The van der Waals surface area contributed by atoms with Crippen LogP contribution >= 0.6 is 0 Å². The van der Waals surface area contributed by atoms with E-state index in [0.717, 1.165) is 119 Å². The fraction of sp³-hybridized carbons (Fsp3) is 0.0597. The average molecular weight is 950 g/mol. The molecule has 7 aromatic heterocycles. The topological polar surface area (TPSA) is 73.3 Å². The van der Waals surface area contributed by atoms with Crippen LogP contribution in [0, 0.1) is 0 Å². The van der Waals surface area contributed by atoms with E-state index in [1.54, 1.807) is 0 Å². The molecule has 0 bridgehead atoms. The van der Waals surface area contributed by atoms with Crippen LogP contribution in [0.4, 0.5) is 0 Å². The number of pyridine rings is 5. The van der Waals surface area contributed by atoms with E-state index in [9.17, 15) is 0 Å². The zero-order valence-electron chi connectivity index (χ0n) is 40.5. The number of para-hydroxylation sites is 2. The third kappa shape index (κ3) is 7.74. The second-order valence-electron chi connectivity index (χ2n) is 19.3. The van der Waals surface area contributed by atoms with Gasteiger partial charge in [-0.1, -0.05) is 164 Å². The van der Waals surface area contributed by atoms with Crippen molar-refractivity contribution < 1.29 is 0 Å². The summed E-state index contributed by atoms with van der Waals surface area (Å²) in [5, 5.41) is 4.48. The van der Waals surface area contributed by atoms with Crippen LogP contribution < -0.4 is 0 Å². The minimum atomic E-state index is 0.832. The second kappa shape index (κ2) is 18.2. The summed E-state index contributed by atoms with van der Waals surface area (Å²) >= 11 is 0. The fourth-order valence-electron chi connectivity index (χ4n) is 11.2. The SMILES string of the molecule is c1ccc(-c2ccc(-c3cc(-c4ccccc4)ncc3-c3ccccc3-c3cc(CCc4cnc5c6ccccc6n6cncc6c5c4)cc(CCc4cnc5c6ccccc6n6cncc6c5c4)c3)cc2)cc1. The minimum absolute atomic E-state index is 0.832. The number of aryl methyl sites for hydroxylation is 4. The summed E-state index contributed by atoms with van der Waals surface area (Å²) in [4.78, 5) is 24.5. The quantitative estimate of drug-likeness (QED) is 0.121. The standard InChI is InChI=1S/C67H47N7/c1-3-13-48(14-4-1)49-27-29-50(30-28-49)57-36-61(51-15-5-2-6-16-51)70-39-60(57)54-18-8-7-17-53(54)52-32-44(23-25-46-34-58-64-40-68-42-73(64)62-21-11-9-19-55(62)66(58)71-37-46)31-45(33-52)24-26-47-35-59-65-41-69-43-74(65)63-22-12-10-20-56(63)67(59)72-38-47/h1-22,27-43H,23-26H2. The van der Waals surface area contributed by atoms with Gasteiger partial charge in [-0.3, -0.25) is 23.8 Å². The third-order valence-electron chi connectivity index (χ3n) is 14.8. The van der Waals surface area contributed by atoms with Crippen molar-refractivity contribution in [3.05, 3.63) is 260 Å². The molecule has 7 nitrogen and oxygen atoms in total. The van der Waals surface area contributed by atoms with Gasteiger partial charge in [0, 0.05) is 51.3 Å². The van der Waals surface area contributed by atoms with Crippen LogP contribution in [0.1, 0.15) is 22.3 Å². The molecule has 0 fully saturated rings. The molecular weight excluding hydrogens is 903 g/mol. The van der Waals surface area contributed by atoms with Crippen LogP contribution in [0.25, 0.3) is 110 Å². The van der Waals surface area contributed by atoms with Gasteiger partial charge >= 0.3 is 0 Å². The summed E-state index contributed by atoms with van der Waals surface area (Å²) in [5.74, 6) is 0. The zero-order valence-corrected chi connectivity index (χ0v) is 40.5. The van der Waals surface area contributed by atoms with Crippen molar-refractivity contribution in [2.75, 3.05) is 0 Å². The molecule has 350 valence electrons. The summed E-state index contributed by atoms with van der Waals surface area (Å²) in [7, 11) is 0. The van der Waals surface area contributed by atoms with E-state index >= 15 is 0 Å². The first-order chi connectivity index (χ1) is 36.7. The van der Waals surface area contributed by atoms with E-state index in [1.807, 2.05) is 25.0 Å². The number of hydrogen-bond donors (Lipinski definition) is 0. The van der Waals surface area contributed by atoms with Gasteiger partial charge in [0.2, 0.25) is 0 Å². The van der Waals surface area contributed by atoms with Crippen LogP contribution in [0.5, 0.6) is 0 Å². The molecule has 0 aliphatic carbocycles. The molecule has 0 amide bonds. The molecule has 14 aromatic rings. The highest BCUT2D eigenvalue weighted by Crippen LogP contribution is 2.41. The van der Waals surface area contributed by atoms with Crippen LogP contribution in [0.15, 0.2) is 238 Å².